The van der Waals surface area contributed by atoms with E-state index in [1.54, 1.807) is 18.3 Å². The van der Waals surface area contributed by atoms with E-state index >= 15 is 0 Å². The van der Waals surface area contributed by atoms with Gasteiger partial charge in [0.1, 0.15) is 0 Å². The topological polar surface area (TPSA) is 55.4 Å². The van der Waals surface area contributed by atoms with Crippen LogP contribution in [-0.2, 0) is 20.7 Å². The van der Waals surface area contributed by atoms with Crippen LogP contribution in [0.2, 0.25) is 0 Å². The molecule has 0 aromatic carbocycles. The molecular formula is C12H15NO3S. The minimum absolute atomic E-state index is 0.0399. The third-order valence-electron chi connectivity index (χ3n) is 2.82. The highest BCUT2D eigenvalue weighted by Gasteiger charge is 2.25. The molecule has 0 bridgehead atoms. The SMILES string of the molecule is CCOC(=O)C(=O)NC1CCCc2sccc21. The van der Waals surface area contributed by atoms with E-state index < -0.39 is 11.9 Å². The van der Waals surface area contributed by atoms with Gasteiger partial charge in [0.05, 0.1) is 12.6 Å². The van der Waals surface area contributed by atoms with E-state index in [0.717, 1.165) is 24.8 Å². The summed E-state index contributed by atoms with van der Waals surface area (Å²) in [5, 5.41) is 4.77. The molecule has 0 spiro atoms. The summed E-state index contributed by atoms with van der Waals surface area (Å²) in [6, 6.07) is 1.98. The molecule has 0 saturated carbocycles. The zero-order valence-corrected chi connectivity index (χ0v) is 10.5. The average molecular weight is 253 g/mol. The van der Waals surface area contributed by atoms with Gasteiger partial charge >= 0.3 is 11.9 Å². The molecule has 1 aliphatic carbocycles. The number of amides is 1. The van der Waals surface area contributed by atoms with E-state index in [-0.39, 0.29) is 12.6 Å². The second-order valence-electron chi connectivity index (χ2n) is 3.94. The average Bonchev–Trinajstić information content (AvgIpc) is 2.78. The molecule has 1 unspecified atom stereocenters. The van der Waals surface area contributed by atoms with E-state index in [9.17, 15) is 9.59 Å². The number of aryl methyl sites for hydroxylation is 1. The van der Waals surface area contributed by atoms with Gasteiger partial charge in [0, 0.05) is 4.88 Å². The van der Waals surface area contributed by atoms with Crippen LogP contribution in [0.3, 0.4) is 0 Å². The second-order valence-corrected chi connectivity index (χ2v) is 4.94. The van der Waals surface area contributed by atoms with Crippen molar-refractivity contribution in [2.45, 2.75) is 32.2 Å². The minimum atomic E-state index is -0.796. The molecule has 1 aliphatic rings. The molecule has 1 N–H and O–H groups in total. The van der Waals surface area contributed by atoms with Crippen molar-refractivity contribution < 1.29 is 14.3 Å². The van der Waals surface area contributed by atoms with Crippen LogP contribution < -0.4 is 5.32 Å². The summed E-state index contributed by atoms with van der Waals surface area (Å²) < 4.78 is 4.67. The van der Waals surface area contributed by atoms with Crippen molar-refractivity contribution in [2.24, 2.45) is 0 Å². The van der Waals surface area contributed by atoms with Crippen molar-refractivity contribution >= 4 is 23.2 Å². The zero-order valence-electron chi connectivity index (χ0n) is 9.69. The van der Waals surface area contributed by atoms with E-state index in [4.69, 9.17) is 0 Å². The monoisotopic (exact) mass is 253 g/mol. The molecule has 1 aromatic heterocycles. The molecule has 2 rings (SSSR count). The summed E-state index contributed by atoms with van der Waals surface area (Å²) in [5.74, 6) is -1.44. The smallest absolute Gasteiger partial charge is 0.396 e. The largest absolute Gasteiger partial charge is 0.459 e. The maximum absolute atomic E-state index is 11.6. The predicted octanol–water partition coefficient (Wildman–Crippen LogP) is 1.80. The standard InChI is InChI=1S/C12H15NO3S/c1-2-16-12(15)11(14)13-9-4-3-5-10-8(9)6-7-17-10/h6-7,9H,2-5H2,1H3,(H,13,14). The molecule has 5 heteroatoms. The molecule has 92 valence electrons. The van der Waals surface area contributed by atoms with E-state index in [2.05, 4.69) is 10.1 Å². The summed E-state index contributed by atoms with van der Waals surface area (Å²) >= 11 is 1.71. The Morgan fingerprint density at radius 1 is 1.59 bits per heavy atom. The van der Waals surface area contributed by atoms with Crippen molar-refractivity contribution in [1.29, 1.82) is 0 Å². The minimum Gasteiger partial charge on any atom is -0.459 e. The molecule has 1 amide bonds. The second kappa shape index (κ2) is 5.31. The van der Waals surface area contributed by atoms with Gasteiger partial charge < -0.3 is 10.1 Å². The lowest BCUT2D eigenvalue weighted by atomic mass is 9.94. The van der Waals surface area contributed by atoms with Gasteiger partial charge in [-0.1, -0.05) is 0 Å². The number of carbonyl (C=O) groups is 2. The Morgan fingerprint density at radius 2 is 2.41 bits per heavy atom. The quantitative estimate of drug-likeness (QED) is 0.646. The van der Waals surface area contributed by atoms with Gasteiger partial charge in [-0.25, -0.2) is 4.79 Å². The highest BCUT2D eigenvalue weighted by Crippen LogP contribution is 2.33. The number of hydrogen-bond acceptors (Lipinski definition) is 4. The normalized spacial score (nSPS) is 18.3. The Balaban J connectivity index is 2.02. The van der Waals surface area contributed by atoms with Crippen molar-refractivity contribution in [3.8, 4) is 0 Å². The first-order valence-corrected chi connectivity index (χ1v) is 6.64. The van der Waals surface area contributed by atoms with Crippen LogP contribution in [0, 0.1) is 0 Å². The molecule has 0 fully saturated rings. The van der Waals surface area contributed by atoms with Gasteiger partial charge in [0.15, 0.2) is 0 Å². The predicted molar refractivity (Wildman–Crippen MR) is 64.8 cm³/mol. The fourth-order valence-corrected chi connectivity index (χ4v) is 3.04. The van der Waals surface area contributed by atoms with Gasteiger partial charge in [-0.05, 0) is 43.2 Å². The molecule has 1 atom stereocenters. The summed E-state index contributed by atoms with van der Waals surface area (Å²) in [6.45, 7) is 1.91. The third kappa shape index (κ3) is 2.66. The number of thiophene rings is 1. The molecule has 0 radical (unpaired) electrons. The maximum Gasteiger partial charge on any atom is 0.396 e. The number of nitrogens with one attached hydrogen (secondary N) is 1. The Labute approximate surface area is 104 Å². The Hall–Kier alpha value is -1.36. The van der Waals surface area contributed by atoms with E-state index in [1.165, 1.54) is 4.88 Å². The summed E-state index contributed by atoms with van der Waals surface area (Å²) in [7, 11) is 0. The lowest BCUT2D eigenvalue weighted by Crippen LogP contribution is -2.36. The lowest BCUT2D eigenvalue weighted by Gasteiger charge is -2.23. The van der Waals surface area contributed by atoms with Crippen molar-refractivity contribution in [2.75, 3.05) is 6.61 Å². The Kier molecular flexibility index (Phi) is 3.78. The first-order valence-electron chi connectivity index (χ1n) is 5.76. The van der Waals surface area contributed by atoms with Gasteiger partial charge in [0.2, 0.25) is 0 Å². The van der Waals surface area contributed by atoms with Gasteiger partial charge in [0.25, 0.3) is 0 Å². The molecule has 4 nitrogen and oxygen atoms in total. The fraction of sp³-hybridized carbons (Fsp3) is 0.500. The van der Waals surface area contributed by atoms with Crippen LogP contribution in [0.4, 0.5) is 0 Å². The Morgan fingerprint density at radius 3 is 3.18 bits per heavy atom. The van der Waals surface area contributed by atoms with Crippen molar-refractivity contribution in [3.05, 3.63) is 21.9 Å². The first kappa shape index (κ1) is 12.1. The first-order chi connectivity index (χ1) is 8.22. The summed E-state index contributed by atoms with van der Waals surface area (Å²) in [4.78, 5) is 24.1. The fourth-order valence-electron chi connectivity index (χ4n) is 2.05. The van der Waals surface area contributed by atoms with Crippen molar-refractivity contribution in [1.82, 2.24) is 5.32 Å². The van der Waals surface area contributed by atoms with E-state index in [1.807, 2.05) is 11.4 Å². The molecule has 0 aliphatic heterocycles. The maximum atomic E-state index is 11.6. The van der Waals surface area contributed by atoms with Crippen molar-refractivity contribution in [3.63, 3.8) is 0 Å². The van der Waals surface area contributed by atoms with Crippen LogP contribution in [0.25, 0.3) is 0 Å². The Bertz CT molecular complexity index is 427. The van der Waals surface area contributed by atoms with Gasteiger partial charge in [-0.2, -0.15) is 0 Å². The summed E-state index contributed by atoms with van der Waals surface area (Å²) in [6.07, 6.45) is 2.99. The van der Waals surface area contributed by atoms with Crippen LogP contribution in [0.15, 0.2) is 11.4 Å². The molecule has 17 heavy (non-hydrogen) atoms. The molecule has 0 saturated heterocycles. The van der Waals surface area contributed by atoms with Crippen LogP contribution in [0.5, 0.6) is 0 Å². The van der Waals surface area contributed by atoms with Gasteiger partial charge in [-0.3, -0.25) is 4.79 Å². The molecular weight excluding hydrogens is 238 g/mol. The number of fused-ring (bicyclic) bond motifs is 1. The van der Waals surface area contributed by atoms with Crippen LogP contribution >= 0.6 is 11.3 Å². The van der Waals surface area contributed by atoms with Crippen LogP contribution in [-0.4, -0.2) is 18.5 Å². The number of rotatable bonds is 2. The number of esters is 1. The number of carbonyl (C=O) groups excluding carboxylic acids is 2. The van der Waals surface area contributed by atoms with Crippen LogP contribution in [0.1, 0.15) is 36.2 Å². The summed E-state index contributed by atoms with van der Waals surface area (Å²) in [5.41, 5.74) is 1.15. The third-order valence-corrected chi connectivity index (χ3v) is 3.81. The molecule has 1 aromatic rings. The number of ether oxygens (including phenoxy) is 1. The zero-order chi connectivity index (χ0) is 12.3. The highest BCUT2D eigenvalue weighted by molar-refractivity contribution is 7.10. The lowest BCUT2D eigenvalue weighted by molar-refractivity contribution is -0.154. The highest BCUT2D eigenvalue weighted by atomic mass is 32.1. The molecule has 1 heterocycles. The van der Waals surface area contributed by atoms with E-state index in [0.29, 0.717) is 0 Å². The number of hydrogen-bond donors (Lipinski definition) is 1. The van der Waals surface area contributed by atoms with Gasteiger partial charge in [-0.15, -0.1) is 11.3 Å².